The average Bonchev–Trinajstić information content (AvgIpc) is 3.08. The number of methoxy groups -OCH3 is 2. The summed E-state index contributed by atoms with van der Waals surface area (Å²) in [6.07, 6.45) is 0.334. The van der Waals surface area contributed by atoms with Crippen LogP contribution in [0.1, 0.15) is 22.9 Å². The van der Waals surface area contributed by atoms with Crippen LogP contribution in [-0.4, -0.2) is 26.1 Å². The predicted molar refractivity (Wildman–Crippen MR) is 88.5 cm³/mol. The Bertz CT molecular complexity index is 654. The zero-order valence-corrected chi connectivity index (χ0v) is 13.9. The number of esters is 1. The van der Waals surface area contributed by atoms with Gasteiger partial charge in [-0.05, 0) is 29.1 Å². The number of hydrogen-bond donors (Lipinski definition) is 1. The van der Waals surface area contributed by atoms with Gasteiger partial charge >= 0.3 is 5.97 Å². The van der Waals surface area contributed by atoms with Crippen LogP contribution in [0.3, 0.4) is 0 Å². The highest BCUT2D eigenvalue weighted by molar-refractivity contribution is 7.10. The molecular weight excluding hydrogens is 314 g/mol. The van der Waals surface area contributed by atoms with Crippen molar-refractivity contribution in [3.05, 3.63) is 52.2 Å². The van der Waals surface area contributed by atoms with Gasteiger partial charge in [0.25, 0.3) is 0 Å². The molecule has 23 heavy (non-hydrogen) atoms. The Hall–Kier alpha value is -2.34. The first-order valence-electron chi connectivity index (χ1n) is 7.15. The molecule has 0 aliphatic carbocycles. The Morgan fingerprint density at radius 2 is 2.04 bits per heavy atom. The van der Waals surface area contributed by atoms with Gasteiger partial charge in [-0.1, -0.05) is 18.2 Å². The molecule has 0 bridgehead atoms. The van der Waals surface area contributed by atoms with Crippen molar-refractivity contribution in [2.45, 2.75) is 18.9 Å². The molecule has 1 atom stereocenters. The first-order valence-corrected chi connectivity index (χ1v) is 8.03. The summed E-state index contributed by atoms with van der Waals surface area (Å²) in [5.74, 6) is 0.199. The van der Waals surface area contributed by atoms with Crippen LogP contribution in [0.5, 0.6) is 5.75 Å². The molecule has 1 N–H and O–H groups in total. The fourth-order valence-electron chi connectivity index (χ4n) is 2.18. The van der Waals surface area contributed by atoms with Gasteiger partial charge in [-0.25, -0.2) is 0 Å². The summed E-state index contributed by atoms with van der Waals surface area (Å²) >= 11 is 1.50. The van der Waals surface area contributed by atoms with E-state index in [1.165, 1.54) is 18.4 Å². The topological polar surface area (TPSA) is 64.6 Å². The SMILES string of the molecule is COC(=O)C[C@@H](NC(=O)Cc1cccc(OC)c1)c1cccs1. The molecule has 0 aliphatic rings. The molecule has 2 rings (SSSR count). The van der Waals surface area contributed by atoms with Gasteiger partial charge in [-0.3, -0.25) is 9.59 Å². The molecule has 0 aliphatic heterocycles. The molecule has 1 aromatic heterocycles. The molecule has 122 valence electrons. The van der Waals surface area contributed by atoms with Crippen LogP contribution in [0.4, 0.5) is 0 Å². The second-order valence-electron chi connectivity index (χ2n) is 4.94. The van der Waals surface area contributed by atoms with E-state index in [2.05, 4.69) is 5.32 Å². The van der Waals surface area contributed by atoms with Crippen LogP contribution in [0.15, 0.2) is 41.8 Å². The minimum Gasteiger partial charge on any atom is -0.497 e. The lowest BCUT2D eigenvalue weighted by Crippen LogP contribution is -2.31. The van der Waals surface area contributed by atoms with Gasteiger partial charge < -0.3 is 14.8 Å². The van der Waals surface area contributed by atoms with Crippen molar-refractivity contribution in [1.29, 1.82) is 0 Å². The predicted octanol–water partition coefficient (Wildman–Crippen LogP) is 2.72. The minimum atomic E-state index is -0.374. The zero-order valence-electron chi connectivity index (χ0n) is 13.1. The maximum Gasteiger partial charge on any atom is 0.307 e. The van der Waals surface area contributed by atoms with Gasteiger partial charge in [0.05, 0.1) is 33.1 Å². The Morgan fingerprint density at radius 3 is 2.70 bits per heavy atom. The summed E-state index contributed by atoms with van der Waals surface area (Å²) in [6, 6.07) is 10.8. The van der Waals surface area contributed by atoms with Crippen molar-refractivity contribution in [3.63, 3.8) is 0 Å². The smallest absolute Gasteiger partial charge is 0.307 e. The molecule has 0 saturated heterocycles. The van der Waals surface area contributed by atoms with Crippen molar-refractivity contribution in [1.82, 2.24) is 5.32 Å². The molecule has 0 spiro atoms. The molecule has 0 saturated carbocycles. The van der Waals surface area contributed by atoms with E-state index in [1.807, 2.05) is 41.8 Å². The van der Waals surface area contributed by atoms with Gasteiger partial charge in [0.15, 0.2) is 0 Å². The maximum absolute atomic E-state index is 12.3. The van der Waals surface area contributed by atoms with Crippen LogP contribution in [-0.2, 0) is 20.7 Å². The van der Waals surface area contributed by atoms with E-state index in [-0.39, 0.29) is 30.8 Å². The maximum atomic E-state index is 12.3. The Morgan fingerprint density at radius 1 is 1.22 bits per heavy atom. The van der Waals surface area contributed by atoms with E-state index < -0.39 is 0 Å². The van der Waals surface area contributed by atoms with Crippen LogP contribution in [0, 0.1) is 0 Å². The van der Waals surface area contributed by atoms with Gasteiger partial charge in [0, 0.05) is 4.88 Å². The number of nitrogens with one attached hydrogen (secondary N) is 1. The summed E-state index contributed by atoms with van der Waals surface area (Å²) in [5.41, 5.74) is 0.852. The number of rotatable bonds is 7. The number of amides is 1. The molecule has 1 amide bonds. The summed E-state index contributed by atoms with van der Waals surface area (Å²) in [5, 5.41) is 4.81. The van der Waals surface area contributed by atoms with Gasteiger partial charge in [-0.2, -0.15) is 0 Å². The Labute approximate surface area is 139 Å². The largest absolute Gasteiger partial charge is 0.497 e. The van der Waals surface area contributed by atoms with E-state index >= 15 is 0 Å². The van der Waals surface area contributed by atoms with E-state index in [4.69, 9.17) is 9.47 Å². The van der Waals surface area contributed by atoms with Crippen molar-refractivity contribution in [3.8, 4) is 5.75 Å². The molecular formula is C17H19NO4S. The zero-order chi connectivity index (χ0) is 16.7. The third-order valence-corrected chi connectivity index (χ3v) is 4.31. The molecule has 1 heterocycles. The first-order chi connectivity index (χ1) is 11.1. The fourth-order valence-corrected chi connectivity index (χ4v) is 2.95. The summed E-state index contributed by atoms with van der Waals surface area (Å²) < 4.78 is 9.86. The number of hydrogen-bond acceptors (Lipinski definition) is 5. The van der Waals surface area contributed by atoms with Crippen molar-refractivity contribution < 1.29 is 19.1 Å². The third kappa shape index (κ3) is 5.10. The van der Waals surface area contributed by atoms with Crippen LogP contribution in [0.2, 0.25) is 0 Å². The van der Waals surface area contributed by atoms with Crippen molar-refractivity contribution in [2.75, 3.05) is 14.2 Å². The lowest BCUT2D eigenvalue weighted by Gasteiger charge is -2.16. The molecule has 0 fully saturated rings. The number of carbonyl (C=O) groups is 2. The molecule has 1 aromatic carbocycles. The average molecular weight is 333 g/mol. The third-order valence-electron chi connectivity index (χ3n) is 3.32. The number of ether oxygens (including phenoxy) is 2. The van der Waals surface area contributed by atoms with Crippen molar-refractivity contribution >= 4 is 23.2 Å². The molecule has 5 nitrogen and oxygen atoms in total. The highest BCUT2D eigenvalue weighted by atomic mass is 32.1. The number of thiophene rings is 1. The number of carbonyl (C=O) groups excluding carboxylic acids is 2. The summed E-state index contributed by atoms with van der Waals surface area (Å²) in [7, 11) is 2.92. The monoisotopic (exact) mass is 333 g/mol. The molecule has 0 unspecified atom stereocenters. The van der Waals surface area contributed by atoms with E-state index in [9.17, 15) is 9.59 Å². The van der Waals surface area contributed by atoms with Gasteiger partial charge in [0.1, 0.15) is 5.75 Å². The van der Waals surface area contributed by atoms with Crippen molar-refractivity contribution in [2.24, 2.45) is 0 Å². The Balaban J connectivity index is 2.03. The van der Waals surface area contributed by atoms with Gasteiger partial charge in [0.2, 0.25) is 5.91 Å². The fraction of sp³-hybridized carbons (Fsp3) is 0.294. The number of benzene rings is 1. The highest BCUT2D eigenvalue weighted by Gasteiger charge is 2.20. The molecule has 2 aromatic rings. The van der Waals surface area contributed by atoms with E-state index in [0.29, 0.717) is 5.75 Å². The lowest BCUT2D eigenvalue weighted by molar-refractivity contribution is -0.141. The highest BCUT2D eigenvalue weighted by Crippen LogP contribution is 2.23. The second kappa shape index (κ2) is 8.33. The van der Waals surface area contributed by atoms with Crippen LogP contribution >= 0.6 is 11.3 Å². The Kier molecular flexibility index (Phi) is 6.17. The summed E-state index contributed by atoms with van der Waals surface area (Å²) in [4.78, 5) is 24.8. The minimum absolute atomic E-state index is 0.112. The van der Waals surface area contributed by atoms with Crippen LogP contribution in [0.25, 0.3) is 0 Å². The first kappa shape index (κ1) is 17.0. The summed E-state index contributed by atoms with van der Waals surface area (Å²) in [6.45, 7) is 0. The van der Waals surface area contributed by atoms with Gasteiger partial charge in [-0.15, -0.1) is 11.3 Å². The lowest BCUT2D eigenvalue weighted by atomic mass is 10.1. The standard InChI is InChI=1S/C17H19NO4S/c1-21-13-6-3-5-12(9-13)10-16(19)18-14(11-17(20)22-2)15-7-4-8-23-15/h3-9,14H,10-11H2,1-2H3,(H,18,19)/t14-/m1/s1. The molecule has 0 radical (unpaired) electrons. The normalized spacial score (nSPS) is 11.6. The van der Waals surface area contributed by atoms with E-state index in [1.54, 1.807) is 7.11 Å². The molecule has 6 heteroatoms. The quantitative estimate of drug-likeness (QED) is 0.791. The van der Waals surface area contributed by atoms with Crippen LogP contribution < -0.4 is 10.1 Å². The second-order valence-corrected chi connectivity index (χ2v) is 5.92. The van der Waals surface area contributed by atoms with E-state index in [0.717, 1.165) is 10.4 Å².